The van der Waals surface area contributed by atoms with Crippen molar-refractivity contribution in [3.05, 3.63) is 210 Å². The molecular weight excluding hydrogens is 1450 g/mol. The van der Waals surface area contributed by atoms with Gasteiger partial charge < -0.3 is 54.8 Å². The Labute approximate surface area is 630 Å². The summed E-state index contributed by atoms with van der Waals surface area (Å²) in [6.07, 6.45) is 4.51. The summed E-state index contributed by atoms with van der Waals surface area (Å²) in [5.74, 6) is 17.0. The Bertz CT molecular complexity index is 3960. The number of ketones is 2. The third kappa shape index (κ3) is 34.7. The SMILES string of the molecule is C#CC#Cc1ccc(C(=O)N[C@H](C(=O)COC)[C@@H](C)OC(C)(C)C)cc1.C1COCCN1.COCC(=O)[C@@H](NC(=O)c1ccc(C#Cc2ccc(C=O)cc2)cc1)[C@@H](C)OC(C)(C)C.C[C@@H](O)[C@H](NC(=O)c1ccc(C#Cc2ccc(CN3CCOCC3)cc2)cc1)C(=O)NO.O=Cc1ccc(I)cc1. The van der Waals surface area contributed by atoms with Gasteiger partial charge in [-0.1, -0.05) is 66.0 Å². The lowest BCUT2D eigenvalue weighted by Crippen LogP contribution is -2.51. The second-order valence-corrected chi connectivity index (χ2v) is 27.0. The van der Waals surface area contributed by atoms with Gasteiger partial charge in [0.1, 0.15) is 43.9 Å². The highest BCUT2D eigenvalue weighted by Gasteiger charge is 2.33. The van der Waals surface area contributed by atoms with Crippen molar-refractivity contribution in [3.8, 4) is 47.9 Å². The molecule has 23 heteroatoms. The molecule has 0 saturated carbocycles. The summed E-state index contributed by atoms with van der Waals surface area (Å²) in [6, 6.07) is 39.6. The minimum Gasteiger partial charge on any atom is -0.391 e. The first-order valence-corrected chi connectivity index (χ1v) is 34.8. The third-order valence-electron chi connectivity index (χ3n) is 14.8. The largest absolute Gasteiger partial charge is 0.391 e. The molecule has 6 atom stereocenters. The summed E-state index contributed by atoms with van der Waals surface area (Å²) < 4.78 is 33.1. The molecule has 0 radical (unpaired) electrons. The van der Waals surface area contributed by atoms with Crippen LogP contribution in [0.3, 0.4) is 0 Å². The number of ether oxygens (including phenoxy) is 6. The number of hydrogen-bond donors (Lipinski definition) is 7. The second-order valence-electron chi connectivity index (χ2n) is 25.7. The summed E-state index contributed by atoms with van der Waals surface area (Å²) in [6.45, 7) is 24.1. The molecule has 6 aromatic rings. The van der Waals surface area contributed by atoms with Gasteiger partial charge in [-0.3, -0.25) is 48.5 Å². The molecular formula is C82H95IN6O16. The van der Waals surface area contributed by atoms with E-state index >= 15 is 0 Å². The number of hydrogen-bond acceptors (Lipinski definition) is 18. The van der Waals surface area contributed by atoms with Crippen LogP contribution in [0.2, 0.25) is 0 Å². The quantitative estimate of drug-likeness (QED) is 0.0111. The summed E-state index contributed by atoms with van der Waals surface area (Å²) in [7, 11) is 2.87. The molecule has 2 heterocycles. The van der Waals surface area contributed by atoms with E-state index in [0.717, 1.165) is 103 Å². The molecule has 0 bridgehead atoms. The van der Waals surface area contributed by atoms with Gasteiger partial charge in [-0.05, 0) is 212 Å². The van der Waals surface area contributed by atoms with E-state index in [1.807, 2.05) is 65.8 Å². The highest BCUT2D eigenvalue weighted by atomic mass is 127. The van der Waals surface area contributed by atoms with Crippen LogP contribution < -0.4 is 26.7 Å². The number of nitrogens with one attached hydrogen (secondary N) is 5. The van der Waals surface area contributed by atoms with Crippen LogP contribution in [0.1, 0.15) is 147 Å². The van der Waals surface area contributed by atoms with Crippen LogP contribution in [0, 0.1) is 51.4 Å². The van der Waals surface area contributed by atoms with Crippen molar-refractivity contribution in [2.75, 3.05) is 80.0 Å². The number of halogens is 1. The fraction of sp³-hybridized carbons (Fsp3) is 0.366. The number of terminal acetylenes is 1. The lowest BCUT2D eigenvalue weighted by atomic mass is 10.0. The summed E-state index contributed by atoms with van der Waals surface area (Å²) in [5, 5.41) is 29.4. The Morgan fingerprint density at radius 1 is 0.543 bits per heavy atom. The van der Waals surface area contributed by atoms with E-state index in [2.05, 4.69) is 102 Å². The maximum atomic E-state index is 12.8. The maximum absolute atomic E-state index is 12.8. The molecule has 0 aliphatic carbocycles. The molecule has 2 aliphatic heterocycles. The van der Waals surface area contributed by atoms with E-state index in [4.69, 9.17) is 40.1 Å². The number of aliphatic hydroxyl groups is 1. The fourth-order valence-corrected chi connectivity index (χ4v) is 10.1. The molecule has 0 spiro atoms. The zero-order valence-electron chi connectivity index (χ0n) is 61.3. The molecule has 2 fully saturated rings. The van der Waals surface area contributed by atoms with Crippen molar-refractivity contribution in [2.24, 2.45) is 0 Å². The third-order valence-corrected chi connectivity index (χ3v) is 15.5. The zero-order chi connectivity index (χ0) is 77.3. The molecule has 8 rings (SSSR count). The van der Waals surface area contributed by atoms with Crippen LogP contribution >= 0.6 is 22.6 Å². The predicted octanol–water partition coefficient (Wildman–Crippen LogP) is 8.22. The number of Topliss-reactive ketones (excluding diaryl/α,β-unsaturated/α-hetero) is 2. The summed E-state index contributed by atoms with van der Waals surface area (Å²) in [4.78, 5) is 97.2. The Balaban J connectivity index is 0.000000303. The first kappa shape index (κ1) is 87.9. The average Bonchev–Trinajstić information content (AvgIpc) is 0.859. The number of nitrogens with zero attached hydrogens (tertiary/aromatic N) is 1. The van der Waals surface area contributed by atoms with Crippen LogP contribution in [-0.2, 0) is 49.3 Å². The van der Waals surface area contributed by atoms with E-state index < -0.39 is 59.5 Å². The van der Waals surface area contributed by atoms with Gasteiger partial charge in [0.15, 0.2) is 11.6 Å². The van der Waals surface area contributed by atoms with Gasteiger partial charge in [-0.25, -0.2) is 5.48 Å². The van der Waals surface area contributed by atoms with Crippen LogP contribution in [0.5, 0.6) is 0 Å². The Hall–Kier alpha value is -9.55. The Morgan fingerprint density at radius 2 is 0.886 bits per heavy atom. The summed E-state index contributed by atoms with van der Waals surface area (Å²) >= 11 is 2.20. The van der Waals surface area contributed by atoms with Crippen LogP contribution in [0.4, 0.5) is 0 Å². The molecule has 2 saturated heterocycles. The van der Waals surface area contributed by atoms with E-state index in [0.29, 0.717) is 27.8 Å². The van der Waals surface area contributed by atoms with Crippen molar-refractivity contribution in [2.45, 2.75) is 116 Å². The standard InChI is InChI=1S/C26H29NO5.C24H27N3O5.C21H25NO4.C7H5IO.C4H9NO/c1-18(32-26(2,3)4)24(23(29)17-31-5)27-25(30)22-14-12-20(13-15-22)7-6-19-8-10-21(16-28)11-9-19;1-17(28)22(24(30)26-31)25-23(29)21-10-8-19(9-11-21)3-2-18-4-6-20(7-5-18)16-27-12-14-32-15-13-27;1-7-8-9-16-10-12-17(13-11-16)20(24)22-19(18(23)14-25-6)15(2)26-21(3,4)5;8-7-3-1-6(5-9)2-4-7;1-3-6-4-2-5-1/h8-16,18,24H,17H2,1-5H3,(H,27,30);4-11,17,22,28,31H,12-16H2,1H3,(H,25,29)(H,26,30);1,10-13,15,19H,14H2,2-6H3,(H,22,24);1-5H;5H,1-4H2/t18-,24+;17-,22+;15-,19+;;/m111../s1. The minimum atomic E-state index is -1.27. The smallest absolute Gasteiger partial charge is 0.268 e. The number of carbonyl (C=O) groups is 8. The van der Waals surface area contributed by atoms with Gasteiger partial charge in [0.05, 0.1) is 55.9 Å². The van der Waals surface area contributed by atoms with Crippen LogP contribution in [-0.4, -0.2) is 191 Å². The van der Waals surface area contributed by atoms with Crippen molar-refractivity contribution < 1.29 is 77.1 Å². The normalized spacial score (nSPS) is 14.0. The zero-order valence-corrected chi connectivity index (χ0v) is 63.4. The number of benzene rings is 6. The fourth-order valence-electron chi connectivity index (χ4n) is 9.71. The Kier molecular flexibility index (Phi) is 39.3. The Morgan fingerprint density at radius 3 is 1.20 bits per heavy atom. The first-order chi connectivity index (χ1) is 50.1. The first-order valence-electron chi connectivity index (χ1n) is 33.8. The predicted molar refractivity (Wildman–Crippen MR) is 409 cm³/mol. The molecule has 0 unspecified atom stereocenters. The van der Waals surface area contributed by atoms with Gasteiger partial charge in [0, 0.05) is 106 Å². The monoisotopic (exact) mass is 1550 g/mol. The number of aldehydes is 2. The number of rotatable bonds is 22. The lowest BCUT2D eigenvalue weighted by molar-refractivity contribution is -0.134. The summed E-state index contributed by atoms with van der Waals surface area (Å²) in [5.41, 5.74) is 8.04. The molecule has 4 amide bonds. The van der Waals surface area contributed by atoms with Crippen molar-refractivity contribution in [1.82, 2.24) is 31.6 Å². The lowest BCUT2D eigenvalue weighted by Gasteiger charge is -2.30. The number of methoxy groups -OCH3 is 2. The van der Waals surface area contributed by atoms with Gasteiger partial charge >= 0.3 is 0 Å². The number of aliphatic hydroxyl groups excluding tert-OH is 1. The van der Waals surface area contributed by atoms with E-state index in [1.54, 1.807) is 123 Å². The highest BCUT2D eigenvalue weighted by Crippen LogP contribution is 2.18. The maximum Gasteiger partial charge on any atom is 0.268 e. The van der Waals surface area contributed by atoms with Crippen LogP contribution in [0.15, 0.2) is 146 Å². The van der Waals surface area contributed by atoms with Crippen LogP contribution in [0.25, 0.3) is 0 Å². The van der Waals surface area contributed by atoms with Crippen molar-refractivity contribution in [3.63, 3.8) is 0 Å². The minimum absolute atomic E-state index is 0.108. The average molecular weight is 1550 g/mol. The topological polar surface area (TPSA) is 296 Å². The molecule has 105 heavy (non-hydrogen) atoms. The van der Waals surface area contributed by atoms with Gasteiger partial charge in [0.25, 0.3) is 23.6 Å². The van der Waals surface area contributed by atoms with E-state index in [1.165, 1.54) is 32.2 Å². The molecule has 6 aromatic carbocycles. The number of amides is 4. The molecule has 7 N–H and O–H groups in total. The molecule has 556 valence electrons. The van der Waals surface area contributed by atoms with E-state index in [9.17, 15) is 43.5 Å². The molecule has 22 nitrogen and oxygen atoms in total. The van der Waals surface area contributed by atoms with E-state index in [-0.39, 0.29) is 36.6 Å². The number of carbonyl (C=O) groups excluding carboxylic acids is 8. The van der Waals surface area contributed by atoms with Gasteiger partial charge in [0.2, 0.25) is 0 Å². The highest BCUT2D eigenvalue weighted by molar-refractivity contribution is 14.1. The molecule has 2 aliphatic rings. The van der Waals surface area contributed by atoms with Crippen molar-refractivity contribution >= 4 is 70.4 Å². The number of morpholine rings is 2. The van der Waals surface area contributed by atoms with Gasteiger partial charge in [-0.15, -0.1) is 6.42 Å². The second kappa shape index (κ2) is 47.0. The molecule has 0 aromatic heterocycles. The van der Waals surface area contributed by atoms with Crippen molar-refractivity contribution in [1.29, 1.82) is 0 Å². The van der Waals surface area contributed by atoms with Gasteiger partial charge in [-0.2, -0.15) is 0 Å². The number of hydroxylamine groups is 1.